The fraction of sp³-hybridized carbons (Fsp3) is 1.00. The van der Waals surface area contributed by atoms with Crippen LogP contribution in [0, 0.1) is 35.5 Å². The molecule has 0 aromatic rings. The van der Waals surface area contributed by atoms with Gasteiger partial charge in [-0.05, 0) is 73.4 Å². The largest absolute Gasteiger partial charge is 0.454 e. The summed E-state index contributed by atoms with van der Waals surface area (Å²) >= 11 is 0. The van der Waals surface area contributed by atoms with Crippen LogP contribution in [0.5, 0.6) is 0 Å². The van der Waals surface area contributed by atoms with E-state index >= 15 is 0 Å². The molecule has 0 saturated heterocycles. The van der Waals surface area contributed by atoms with E-state index in [4.69, 9.17) is 0 Å². The lowest BCUT2D eigenvalue weighted by Crippen LogP contribution is -2.51. The van der Waals surface area contributed by atoms with Crippen molar-refractivity contribution in [2.75, 3.05) is 0 Å². The highest BCUT2D eigenvalue weighted by Gasteiger charge is 2.53. The van der Waals surface area contributed by atoms with Gasteiger partial charge in [0.2, 0.25) is 0 Å². The highest BCUT2D eigenvalue weighted by atomic mass is 16.4. The van der Waals surface area contributed by atoms with Crippen LogP contribution in [-0.2, 0) is 0 Å². The Kier molecular flexibility index (Phi) is 4.08. The second-order valence-electron chi connectivity index (χ2n) is 8.54. The van der Waals surface area contributed by atoms with Gasteiger partial charge in [0.15, 0.2) is 0 Å². The Labute approximate surface area is 129 Å². The zero-order valence-corrected chi connectivity index (χ0v) is 13.3. The minimum absolute atomic E-state index is 0.161. The SMILES string of the molecule is OB(O)C1CCC2C3CCCCC3C3CCCCC3C2C1. The molecule has 0 radical (unpaired) electrons. The molecular weight excluding hydrogens is 259 g/mol. The summed E-state index contributed by atoms with van der Waals surface area (Å²) in [6.45, 7) is 0. The highest BCUT2D eigenvalue weighted by molar-refractivity contribution is 6.43. The van der Waals surface area contributed by atoms with Crippen molar-refractivity contribution in [3.63, 3.8) is 0 Å². The molecule has 0 heterocycles. The van der Waals surface area contributed by atoms with Gasteiger partial charge in [0.25, 0.3) is 0 Å². The fourth-order valence-corrected chi connectivity index (χ4v) is 7.06. The van der Waals surface area contributed by atoms with E-state index < -0.39 is 7.12 Å². The van der Waals surface area contributed by atoms with E-state index in [1.165, 1.54) is 57.8 Å². The van der Waals surface area contributed by atoms with Crippen molar-refractivity contribution < 1.29 is 10.0 Å². The summed E-state index contributed by atoms with van der Waals surface area (Å²) in [5.41, 5.74) is 0. The predicted octanol–water partition coefficient (Wildman–Crippen LogP) is 3.87. The summed E-state index contributed by atoms with van der Waals surface area (Å²) < 4.78 is 0. The lowest BCUT2D eigenvalue weighted by Gasteiger charge is -2.58. The van der Waals surface area contributed by atoms with Gasteiger partial charge in [0, 0.05) is 0 Å². The Morgan fingerprint density at radius 2 is 0.952 bits per heavy atom. The Hall–Kier alpha value is -0.0151. The second-order valence-corrected chi connectivity index (χ2v) is 8.54. The molecule has 7 atom stereocenters. The zero-order valence-electron chi connectivity index (χ0n) is 13.3. The van der Waals surface area contributed by atoms with E-state index in [-0.39, 0.29) is 5.82 Å². The quantitative estimate of drug-likeness (QED) is 0.720. The molecule has 0 aromatic heterocycles. The number of rotatable bonds is 1. The monoisotopic (exact) mass is 290 g/mol. The first-order valence-corrected chi connectivity index (χ1v) is 9.62. The van der Waals surface area contributed by atoms with Crippen LogP contribution in [0.4, 0.5) is 0 Å². The summed E-state index contributed by atoms with van der Waals surface area (Å²) in [7, 11) is -1.07. The lowest BCUT2D eigenvalue weighted by molar-refractivity contribution is -0.0792. The molecule has 4 aliphatic carbocycles. The van der Waals surface area contributed by atoms with Crippen LogP contribution in [0.1, 0.15) is 70.6 Å². The molecule has 0 aromatic carbocycles. The van der Waals surface area contributed by atoms with Gasteiger partial charge in [-0.25, -0.2) is 0 Å². The number of fused-ring (bicyclic) bond motifs is 6. The van der Waals surface area contributed by atoms with E-state index in [2.05, 4.69) is 0 Å². The summed E-state index contributed by atoms with van der Waals surface area (Å²) in [6.07, 6.45) is 15.1. The minimum atomic E-state index is -1.07. The van der Waals surface area contributed by atoms with E-state index in [0.29, 0.717) is 0 Å². The van der Waals surface area contributed by atoms with Crippen LogP contribution < -0.4 is 0 Å². The normalized spacial score (nSPS) is 49.7. The van der Waals surface area contributed by atoms with Crippen LogP contribution in [0.3, 0.4) is 0 Å². The van der Waals surface area contributed by atoms with Crippen molar-refractivity contribution in [1.82, 2.24) is 0 Å². The molecule has 4 saturated carbocycles. The van der Waals surface area contributed by atoms with Crippen LogP contribution in [-0.4, -0.2) is 17.2 Å². The zero-order chi connectivity index (χ0) is 14.4. The van der Waals surface area contributed by atoms with Crippen LogP contribution in [0.15, 0.2) is 0 Å². The van der Waals surface area contributed by atoms with Gasteiger partial charge in [-0.3, -0.25) is 0 Å². The molecule has 0 spiro atoms. The van der Waals surface area contributed by atoms with Crippen LogP contribution in [0.25, 0.3) is 0 Å². The molecule has 3 heteroatoms. The molecule has 0 aliphatic heterocycles. The molecule has 4 rings (SSSR count). The van der Waals surface area contributed by atoms with E-state index in [1.807, 2.05) is 0 Å². The first-order valence-electron chi connectivity index (χ1n) is 9.62. The van der Waals surface area contributed by atoms with Crippen molar-refractivity contribution in [2.24, 2.45) is 35.5 Å². The third-order valence-corrected chi connectivity index (χ3v) is 7.82. The van der Waals surface area contributed by atoms with Gasteiger partial charge in [-0.1, -0.05) is 38.5 Å². The van der Waals surface area contributed by atoms with Crippen molar-refractivity contribution in [3.05, 3.63) is 0 Å². The van der Waals surface area contributed by atoms with Crippen molar-refractivity contribution in [2.45, 2.75) is 76.4 Å². The van der Waals surface area contributed by atoms with E-state index in [0.717, 1.165) is 48.3 Å². The summed E-state index contributed by atoms with van der Waals surface area (Å²) in [5, 5.41) is 19.3. The van der Waals surface area contributed by atoms with Crippen molar-refractivity contribution in [1.29, 1.82) is 0 Å². The highest BCUT2D eigenvalue weighted by Crippen LogP contribution is 2.60. The number of hydrogen-bond donors (Lipinski definition) is 2. The predicted molar refractivity (Wildman–Crippen MR) is 85.7 cm³/mol. The maximum absolute atomic E-state index is 9.65. The summed E-state index contributed by atoms with van der Waals surface area (Å²) in [4.78, 5) is 0. The van der Waals surface area contributed by atoms with Gasteiger partial charge in [-0.2, -0.15) is 0 Å². The molecular formula is C18H31BO2. The van der Waals surface area contributed by atoms with Crippen molar-refractivity contribution >= 4 is 7.12 Å². The fourth-order valence-electron chi connectivity index (χ4n) is 7.06. The molecule has 0 bridgehead atoms. The lowest BCUT2D eigenvalue weighted by atomic mass is 9.45. The van der Waals surface area contributed by atoms with Gasteiger partial charge in [-0.15, -0.1) is 0 Å². The first kappa shape index (κ1) is 14.6. The van der Waals surface area contributed by atoms with Crippen molar-refractivity contribution in [3.8, 4) is 0 Å². The first-order chi connectivity index (χ1) is 10.3. The maximum atomic E-state index is 9.65. The van der Waals surface area contributed by atoms with Gasteiger partial charge >= 0.3 is 7.12 Å². The van der Waals surface area contributed by atoms with Gasteiger partial charge in [0.05, 0.1) is 0 Å². The van der Waals surface area contributed by atoms with Gasteiger partial charge in [0.1, 0.15) is 0 Å². The molecule has 4 fully saturated rings. The van der Waals surface area contributed by atoms with Crippen LogP contribution in [0.2, 0.25) is 5.82 Å². The number of hydrogen-bond acceptors (Lipinski definition) is 2. The smallest absolute Gasteiger partial charge is 0.427 e. The molecule has 4 aliphatic rings. The maximum Gasteiger partial charge on any atom is 0.454 e. The Morgan fingerprint density at radius 1 is 0.524 bits per heavy atom. The molecule has 7 unspecified atom stereocenters. The standard InChI is InChI=1S/C18H31BO2/c20-19(21)12-9-10-17-15-7-2-1-5-13(15)14-6-3-4-8-16(14)18(17)11-12/h12-18,20-21H,1-11H2. The summed E-state index contributed by atoms with van der Waals surface area (Å²) in [6, 6.07) is 0. The van der Waals surface area contributed by atoms with E-state index in [1.54, 1.807) is 0 Å². The molecule has 21 heavy (non-hydrogen) atoms. The van der Waals surface area contributed by atoms with Crippen LogP contribution >= 0.6 is 0 Å². The Balaban J connectivity index is 1.60. The molecule has 2 N–H and O–H groups in total. The third-order valence-electron chi connectivity index (χ3n) is 7.82. The summed E-state index contributed by atoms with van der Waals surface area (Å²) in [5.74, 6) is 5.82. The molecule has 118 valence electrons. The average molecular weight is 290 g/mol. The Morgan fingerprint density at radius 3 is 1.43 bits per heavy atom. The van der Waals surface area contributed by atoms with E-state index in [9.17, 15) is 10.0 Å². The van der Waals surface area contributed by atoms with Gasteiger partial charge < -0.3 is 10.0 Å². The third kappa shape index (κ3) is 2.49. The minimum Gasteiger partial charge on any atom is -0.427 e. The Bertz CT molecular complexity index is 358. The average Bonchev–Trinajstić information content (AvgIpc) is 2.54. The molecule has 2 nitrogen and oxygen atoms in total. The molecule has 0 amide bonds. The topological polar surface area (TPSA) is 40.5 Å². The second kappa shape index (κ2) is 5.89.